The second-order valence-electron chi connectivity index (χ2n) is 6.99. The number of fused-ring (bicyclic) bond motifs is 1. The highest BCUT2D eigenvalue weighted by Gasteiger charge is 2.39. The van der Waals surface area contributed by atoms with Gasteiger partial charge in [-0.1, -0.05) is 24.3 Å². The molecule has 1 amide bonds. The Morgan fingerprint density at radius 2 is 1.43 bits per heavy atom. The molecule has 4 rings (SSSR count). The summed E-state index contributed by atoms with van der Waals surface area (Å²) in [6.45, 7) is 0.0113. The van der Waals surface area contributed by atoms with Crippen LogP contribution >= 0.6 is 0 Å². The number of nitrogens with one attached hydrogen (secondary N) is 1. The lowest BCUT2D eigenvalue weighted by molar-refractivity contribution is -0.120. The Labute approximate surface area is 173 Å². The number of carbonyl (C=O) groups excluding carboxylic acids is 1. The van der Waals surface area contributed by atoms with Gasteiger partial charge in [0.05, 0.1) is 4.90 Å². The number of sulfonamides is 1. The van der Waals surface area contributed by atoms with Crippen molar-refractivity contribution in [2.24, 2.45) is 0 Å². The zero-order chi connectivity index (χ0) is 21.3. The van der Waals surface area contributed by atoms with Gasteiger partial charge in [-0.25, -0.2) is 17.2 Å². The normalized spacial score (nSPS) is 16.7. The maximum atomic E-state index is 13.3. The van der Waals surface area contributed by atoms with E-state index in [-0.39, 0.29) is 17.9 Å². The predicted molar refractivity (Wildman–Crippen MR) is 108 cm³/mol. The Hall–Kier alpha value is -3.10. The minimum Gasteiger partial charge on any atom is -0.325 e. The molecule has 1 aliphatic heterocycles. The Morgan fingerprint density at radius 1 is 0.867 bits per heavy atom. The minimum atomic E-state index is -4.07. The van der Waals surface area contributed by atoms with E-state index in [2.05, 4.69) is 5.32 Å². The van der Waals surface area contributed by atoms with Crippen LogP contribution in [0.2, 0.25) is 0 Å². The van der Waals surface area contributed by atoms with Crippen molar-refractivity contribution in [3.05, 3.63) is 95.6 Å². The van der Waals surface area contributed by atoms with Crippen molar-refractivity contribution < 1.29 is 22.0 Å². The van der Waals surface area contributed by atoms with Crippen molar-refractivity contribution in [1.29, 1.82) is 0 Å². The molecule has 0 saturated carbocycles. The minimum absolute atomic E-state index is 0.0113. The fourth-order valence-corrected chi connectivity index (χ4v) is 5.04. The molecule has 154 valence electrons. The smallest absolute Gasteiger partial charge is 0.244 e. The van der Waals surface area contributed by atoms with Crippen LogP contribution in [0.5, 0.6) is 0 Å². The fourth-order valence-electron chi connectivity index (χ4n) is 3.48. The quantitative estimate of drug-likeness (QED) is 0.689. The van der Waals surface area contributed by atoms with Gasteiger partial charge in [0.25, 0.3) is 0 Å². The van der Waals surface area contributed by atoms with Crippen LogP contribution in [-0.2, 0) is 27.8 Å². The van der Waals surface area contributed by atoms with E-state index in [4.69, 9.17) is 0 Å². The van der Waals surface area contributed by atoms with Crippen molar-refractivity contribution in [2.75, 3.05) is 5.32 Å². The number of halogens is 2. The van der Waals surface area contributed by atoms with Crippen molar-refractivity contribution in [3.63, 3.8) is 0 Å². The van der Waals surface area contributed by atoms with E-state index < -0.39 is 33.6 Å². The number of rotatable bonds is 4. The van der Waals surface area contributed by atoms with E-state index in [0.717, 1.165) is 27.6 Å². The molecule has 8 heteroatoms. The highest BCUT2D eigenvalue weighted by Crippen LogP contribution is 2.30. The third kappa shape index (κ3) is 3.96. The Kier molecular flexibility index (Phi) is 5.36. The second-order valence-corrected chi connectivity index (χ2v) is 8.88. The fraction of sp³-hybridized carbons (Fsp3) is 0.136. The first-order valence-electron chi connectivity index (χ1n) is 9.25. The van der Waals surface area contributed by atoms with Gasteiger partial charge in [0.2, 0.25) is 15.9 Å². The number of hydrogen-bond donors (Lipinski definition) is 1. The van der Waals surface area contributed by atoms with Crippen LogP contribution in [0.1, 0.15) is 11.1 Å². The molecule has 0 radical (unpaired) electrons. The molecule has 0 aromatic heterocycles. The van der Waals surface area contributed by atoms with Gasteiger partial charge in [-0.15, -0.1) is 0 Å². The van der Waals surface area contributed by atoms with Gasteiger partial charge in [0, 0.05) is 12.2 Å². The molecule has 1 atom stereocenters. The van der Waals surface area contributed by atoms with Crippen molar-refractivity contribution in [1.82, 2.24) is 4.31 Å². The van der Waals surface area contributed by atoms with Crippen LogP contribution in [0.25, 0.3) is 0 Å². The first-order chi connectivity index (χ1) is 14.3. The highest BCUT2D eigenvalue weighted by molar-refractivity contribution is 7.89. The van der Waals surface area contributed by atoms with Gasteiger partial charge in [-0.3, -0.25) is 4.79 Å². The zero-order valence-electron chi connectivity index (χ0n) is 15.8. The number of carbonyl (C=O) groups is 1. The molecule has 0 saturated heterocycles. The summed E-state index contributed by atoms with van der Waals surface area (Å²) in [6.07, 6.45) is 0.184. The summed E-state index contributed by atoms with van der Waals surface area (Å²) < 4.78 is 54.2. The van der Waals surface area contributed by atoms with Crippen LogP contribution in [0.15, 0.2) is 77.7 Å². The van der Waals surface area contributed by atoms with Crippen LogP contribution in [0, 0.1) is 11.6 Å². The Bertz CT molecular complexity index is 1180. The lowest BCUT2D eigenvalue weighted by Crippen LogP contribution is -2.50. The summed E-state index contributed by atoms with van der Waals surface area (Å²) in [4.78, 5) is 12.9. The lowest BCUT2D eigenvalue weighted by atomic mass is 9.95. The molecule has 3 aromatic rings. The summed E-state index contributed by atoms with van der Waals surface area (Å²) in [5.41, 5.74) is 2.04. The molecule has 1 aliphatic rings. The second kappa shape index (κ2) is 7.97. The maximum absolute atomic E-state index is 13.3. The molecule has 1 N–H and O–H groups in total. The molecule has 5 nitrogen and oxygen atoms in total. The van der Waals surface area contributed by atoms with Gasteiger partial charge in [-0.2, -0.15) is 4.31 Å². The average Bonchev–Trinajstić information content (AvgIpc) is 2.74. The molecular weight excluding hydrogens is 410 g/mol. The third-order valence-corrected chi connectivity index (χ3v) is 6.91. The van der Waals surface area contributed by atoms with E-state index in [1.54, 1.807) is 6.07 Å². The third-order valence-electron chi connectivity index (χ3n) is 5.04. The molecule has 30 heavy (non-hydrogen) atoms. The van der Waals surface area contributed by atoms with Gasteiger partial charge in [0.1, 0.15) is 17.7 Å². The van der Waals surface area contributed by atoms with Gasteiger partial charge in [-0.05, 0) is 66.1 Å². The monoisotopic (exact) mass is 428 g/mol. The Balaban J connectivity index is 1.70. The van der Waals surface area contributed by atoms with Crippen molar-refractivity contribution in [2.45, 2.75) is 23.9 Å². The lowest BCUT2D eigenvalue weighted by Gasteiger charge is -2.35. The first-order valence-corrected chi connectivity index (χ1v) is 10.7. The topological polar surface area (TPSA) is 66.5 Å². The summed E-state index contributed by atoms with van der Waals surface area (Å²) in [6, 6.07) is 16.0. The maximum Gasteiger partial charge on any atom is 0.244 e. The molecule has 1 heterocycles. The van der Waals surface area contributed by atoms with E-state index in [1.165, 1.54) is 36.4 Å². The van der Waals surface area contributed by atoms with Gasteiger partial charge >= 0.3 is 0 Å². The van der Waals surface area contributed by atoms with Gasteiger partial charge in [0.15, 0.2) is 0 Å². The standard InChI is InChI=1S/C22H18F2N2O3S/c23-17-5-9-19(10-6-17)25-22(27)21-13-15-3-1-2-4-16(15)14-26(21)30(28,29)20-11-7-18(24)8-12-20/h1-12,21H,13-14H2,(H,25,27). The molecule has 0 spiro atoms. The zero-order valence-corrected chi connectivity index (χ0v) is 16.6. The largest absolute Gasteiger partial charge is 0.325 e. The number of hydrogen-bond acceptors (Lipinski definition) is 3. The first kappa shape index (κ1) is 20.2. The molecule has 3 aromatic carbocycles. The number of benzene rings is 3. The number of anilines is 1. The highest BCUT2D eigenvalue weighted by atomic mass is 32.2. The number of amides is 1. The molecule has 0 fully saturated rings. The van der Waals surface area contributed by atoms with Crippen LogP contribution in [0.3, 0.4) is 0 Å². The summed E-state index contributed by atoms with van der Waals surface area (Å²) in [7, 11) is -4.07. The van der Waals surface area contributed by atoms with Crippen molar-refractivity contribution >= 4 is 21.6 Å². The molecule has 1 unspecified atom stereocenters. The van der Waals surface area contributed by atoms with E-state index in [9.17, 15) is 22.0 Å². The summed E-state index contributed by atoms with van der Waals surface area (Å²) in [5.74, 6) is -1.52. The molecular formula is C22H18F2N2O3S. The summed E-state index contributed by atoms with van der Waals surface area (Å²) in [5, 5.41) is 2.66. The molecule has 0 bridgehead atoms. The van der Waals surface area contributed by atoms with Crippen molar-refractivity contribution in [3.8, 4) is 0 Å². The van der Waals surface area contributed by atoms with Gasteiger partial charge < -0.3 is 5.32 Å². The van der Waals surface area contributed by atoms with E-state index in [1.807, 2.05) is 18.2 Å². The number of nitrogens with zero attached hydrogens (tertiary/aromatic N) is 1. The van der Waals surface area contributed by atoms with Crippen LogP contribution in [-0.4, -0.2) is 24.7 Å². The summed E-state index contributed by atoms with van der Waals surface area (Å²) >= 11 is 0. The average molecular weight is 428 g/mol. The molecule has 0 aliphatic carbocycles. The van der Waals surface area contributed by atoms with Crippen LogP contribution in [0.4, 0.5) is 14.5 Å². The van der Waals surface area contributed by atoms with E-state index in [0.29, 0.717) is 5.69 Å². The SMILES string of the molecule is O=C(Nc1ccc(F)cc1)C1Cc2ccccc2CN1S(=O)(=O)c1ccc(F)cc1. The van der Waals surface area contributed by atoms with Crippen LogP contribution < -0.4 is 5.32 Å². The van der Waals surface area contributed by atoms with E-state index >= 15 is 0 Å². The Morgan fingerprint density at radius 3 is 2.07 bits per heavy atom. The predicted octanol–water partition coefficient (Wildman–Crippen LogP) is 3.72.